The fourth-order valence-corrected chi connectivity index (χ4v) is 4.63. The number of hydrogen-bond donors (Lipinski definition) is 1. The molecule has 1 unspecified atom stereocenters. The Balaban J connectivity index is 1.77. The van der Waals surface area contributed by atoms with Crippen molar-refractivity contribution in [2.75, 3.05) is 33.4 Å². The first-order valence-electron chi connectivity index (χ1n) is 9.92. The molecule has 0 aromatic heterocycles. The second-order valence-corrected chi connectivity index (χ2v) is 7.44. The van der Waals surface area contributed by atoms with E-state index in [9.17, 15) is 4.79 Å². The zero-order valence-electron chi connectivity index (χ0n) is 17.2. The fourth-order valence-electron chi connectivity index (χ4n) is 4.63. The van der Waals surface area contributed by atoms with Gasteiger partial charge in [0.05, 0.1) is 21.3 Å². The average Bonchev–Trinajstić information content (AvgIpc) is 3.22. The lowest BCUT2D eigenvalue weighted by molar-refractivity contribution is -0.116. The Kier molecular flexibility index (Phi) is 4.46. The van der Waals surface area contributed by atoms with E-state index in [1.54, 1.807) is 21.3 Å². The quantitative estimate of drug-likeness (QED) is 0.818. The molecule has 30 heavy (non-hydrogen) atoms. The van der Waals surface area contributed by atoms with Gasteiger partial charge in [0.1, 0.15) is 0 Å². The number of ketones is 1. The van der Waals surface area contributed by atoms with Gasteiger partial charge in [-0.25, -0.2) is 0 Å². The number of fused-ring (bicyclic) bond motifs is 2. The summed E-state index contributed by atoms with van der Waals surface area (Å²) in [5.74, 6) is 2.84. The molecule has 1 aliphatic carbocycles. The van der Waals surface area contributed by atoms with E-state index in [1.165, 1.54) is 0 Å². The molecular formula is C23H23NO6. The van der Waals surface area contributed by atoms with Crippen LogP contribution in [0.25, 0.3) is 0 Å². The number of hydrogen-bond acceptors (Lipinski definition) is 7. The maximum Gasteiger partial charge on any atom is 0.231 e. The van der Waals surface area contributed by atoms with E-state index < -0.39 is 0 Å². The highest BCUT2D eigenvalue weighted by Crippen LogP contribution is 2.53. The van der Waals surface area contributed by atoms with Gasteiger partial charge in [-0.15, -0.1) is 0 Å². The van der Waals surface area contributed by atoms with Gasteiger partial charge in [-0.05, 0) is 30.5 Å². The Morgan fingerprint density at radius 1 is 0.933 bits per heavy atom. The minimum atomic E-state index is -0.312. The van der Waals surface area contributed by atoms with Gasteiger partial charge in [-0.3, -0.25) is 4.79 Å². The van der Waals surface area contributed by atoms with Gasteiger partial charge < -0.3 is 29.0 Å². The van der Waals surface area contributed by atoms with Crippen LogP contribution in [0.4, 0.5) is 5.69 Å². The lowest BCUT2D eigenvalue weighted by atomic mass is 9.75. The number of ether oxygens (including phenoxy) is 5. The summed E-state index contributed by atoms with van der Waals surface area (Å²) in [4.78, 5) is 13.1. The Morgan fingerprint density at radius 3 is 2.43 bits per heavy atom. The van der Waals surface area contributed by atoms with Gasteiger partial charge in [0.15, 0.2) is 28.8 Å². The molecule has 1 N–H and O–H groups in total. The van der Waals surface area contributed by atoms with E-state index in [4.69, 9.17) is 23.7 Å². The molecule has 2 aromatic carbocycles. The van der Waals surface area contributed by atoms with Crippen molar-refractivity contribution < 1.29 is 28.5 Å². The molecule has 0 fully saturated rings. The van der Waals surface area contributed by atoms with Crippen molar-refractivity contribution >= 4 is 11.5 Å². The van der Waals surface area contributed by atoms with Crippen LogP contribution in [0.15, 0.2) is 35.5 Å². The van der Waals surface area contributed by atoms with E-state index in [2.05, 4.69) is 5.32 Å². The predicted octanol–water partition coefficient (Wildman–Crippen LogP) is 4.01. The summed E-state index contributed by atoms with van der Waals surface area (Å²) < 4.78 is 28.0. The molecule has 0 spiro atoms. The van der Waals surface area contributed by atoms with Crippen molar-refractivity contribution in [2.45, 2.75) is 25.2 Å². The molecule has 3 aliphatic rings. The van der Waals surface area contributed by atoms with Gasteiger partial charge in [-0.2, -0.15) is 0 Å². The molecular weight excluding hydrogens is 386 g/mol. The van der Waals surface area contributed by atoms with Crippen LogP contribution in [0.2, 0.25) is 0 Å². The normalized spacial score (nSPS) is 19.0. The van der Waals surface area contributed by atoms with Crippen LogP contribution in [0.1, 0.15) is 36.3 Å². The standard InChI is InChI=1S/C23H23NO6/c1-26-17-8-7-12(22(27-2)23(17)28-3)20-13-9-18-19(30-11-29-18)10-15(13)24-14-5-4-6-16(25)21(14)20/h7-10,20,24H,4-6,11H2,1-3H3. The maximum atomic E-state index is 13.1. The van der Waals surface area contributed by atoms with Crippen LogP contribution in [-0.4, -0.2) is 33.9 Å². The predicted molar refractivity (Wildman–Crippen MR) is 110 cm³/mol. The summed E-state index contributed by atoms with van der Waals surface area (Å²) in [6, 6.07) is 7.69. The smallest absolute Gasteiger partial charge is 0.231 e. The molecule has 156 valence electrons. The molecule has 0 bridgehead atoms. The number of carbonyl (C=O) groups excluding carboxylic acids is 1. The monoisotopic (exact) mass is 409 g/mol. The summed E-state index contributed by atoms with van der Waals surface area (Å²) in [5.41, 5.74) is 4.44. The number of methoxy groups -OCH3 is 3. The van der Waals surface area contributed by atoms with Crippen molar-refractivity contribution in [3.63, 3.8) is 0 Å². The third-order valence-corrected chi connectivity index (χ3v) is 5.93. The van der Waals surface area contributed by atoms with E-state index in [-0.39, 0.29) is 18.5 Å². The van der Waals surface area contributed by atoms with E-state index >= 15 is 0 Å². The molecule has 7 heteroatoms. The molecule has 1 atom stereocenters. The highest BCUT2D eigenvalue weighted by atomic mass is 16.7. The van der Waals surface area contributed by atoms with Gasteiger partial charge in [0, 0.05) is 40.9 Å². The minimum Gasteiger partial charge on any atom is -0.493 e. The summed E-state index contributed by atoms with van der Waals surface area (Å²) in [7, 11) is 4.76. The van der Waals surface area contributed by atoms with Crippen molar-refractivity contribution in [2.24, 2.45) is 0 Å². The summed E-state index contributed by atoms with van der Waals surface area (Å²) in [5, 5.41) is 3.47. The fraction of sp³-hybridized carbons (Fsp3) is 0.348. The number of carbonyl (C=O) groups is 1. The number of rotatable bonds is 4. The number of Topliss-reactive ketones (excluding diaryl/α,β-unsaturated/α-hetero) is 1. The summed E-state index contributed by atoms with van der Waals surface area (Å²) in [6.45, 7) is 0.189. The topological polar surface area (TPSA) is 75.3 Å². The zero-order valence-corrected chi connectivity index (χ0v) is 17.2. The van der Waals surface area contributed by atoms with Crippen LogP contribution >= 0.6 is 0 Å². The van der Waals surface area contributed by atoms with Gasteiger partial charge in [0.2, 0.25) is 12.5 Å². The maximum absolute atomic E-state index is 13.1. The largest absolute Gasteiger partial charge is 0.493 e. The van der Waals surface area contributed by atoms with Crippen molar-refractivity contribution in [1.82, 2.24) is 0 Å². The Bertz CT molecular complexity index is 1070. The SMILES string of the molecule is COc1ccc(C2C3=C(CCCC3=O)Nc3cc4c(cc32)OCO4)c(OC)c1OC. The van der Waals surface area contributed by atoms with Crippen LogP contribution in [0.5, 0.6) is 28.7 Å². The van der Waals surface area contributed by atoms with Gasteiger partial charge in [0.25, 0.3) is 0 Å². The van der Waals surface area contributed by atoms with Gasteiger partial charge in [-0.1, -0.05) is 6.07 Å². The second-order valence-electron chi connectivity index (χ2n) is 7.44. The highest BCUT2D eigenvalue weighted by Gasteiger charge is 2.38. The van der Waals surface area contributed by atoms with Gasteiger partial charge >= 0.3 is 0 Å². The number of benzene rings is 2. The minimum absolute atomic E-state index is 0.147. The van der Waals surface area contributed by atoms with Crippen molar-refractivity contribution in [3.8, 4) is 28.7 Å². The third-order valence-electron chi connectivity index (χ3n) is 5.93. The van der Waals surface area contributed by atoms with E-state index in [0.717, 1.165) is 40.9 Å². The average molecular weight is 409 g/mol. The molecule has 0 radical (unpaired) electrons. The molecule has 2 aliphatic heterocycles. The molecule has 7 nitrogen and oxygen atoms in total. The zero-order chi connectivity index (χ0) is 20.8. The van der Waals surface area contributed by atoms with Crippen LogP contribution in [-0.2, 0) is 4.79 Å². The Morgan fingerprint density at radius 2 is 1.70 bits per heavy atom. The van der Waals surface area contributed by atoms with Crippen molar-refractivity contribution in [1.29, 1.82) is 0 Å². The first kappa shape index (κ1) is 18.7. The van der Waals surface area contributed by atoms with Crippen molar-refractivity contribution in [3.05, 3.63) is 46.7 Å². The molecule has 5 rings (SSSR count). The van der Waals surface area contributed by atoms with E-state index in [1.807, 2.05) is 24.3 Å². The molecule has 2 aromatic rings. The van der Waals surface area contributed by atoms with Crippen LogP contribution in [0.3, 0.4) is 0 Å². The Labute approximate surface area is 174 Å². The highest BCUT2D eigenvalue weighted by molar-refractivity contribution is 6.01. The molecule has 0 saturated carbocycles. The third kappa shape index (κ3) is 2.69. The number of nitrogens with one attached hydrogen (secondary N) is 1. The Hall–Kier alpha value is -3.35. The first-order chi connectivity index (χ1) is 14.7. The number of allylic oxidation sites excluding steroid dienone is 2. The molecule has 2 heterocycles. The molecule has 0 saturated heterocycles. The van der Waals surface area contributed by atoms with Crippen LogP contribution < -0.4 is 29.0 Å². The van der Waals surface area contributed by atoms with Crippen LogP contribution in [0, 0.1) is 0 Å². The summed E-state index contributed by atoms with van der Waals surface area (Å²) >= 11 is 0. The van der Waals surface area contributed by atoms with E-state index in [0.29, 0.717) is 35.2 Å². The lowest BCUT2D eigenvalue weighted by Gasteiger charge is -2.35. The summed E-state index contributed by atoms with van der Waals surface area (Å²) in [6.07, 6.45) is 2.19. The lowest BCUT2D eigenvalue weighted by Crippen LogP contribution is -2.27. The molecule has 0 amide bonds. The second kappa shape index (κ2) is 7.16. The number of anilines is 1. The first-order valence-corrected chi connectivity index (χ1v) is 9.92.